The number of nitrogens with one attached hydrogen (secondary N) is 1. The zero-order valence-electron chi connectivity index (χ0n) is 8.17. The molecule has 3 N–H and O–H groups in total. The molecule has 0 radical (unpaired) electrons. The molecule has 0 aliphatic carbocycles. The minimum atomic E-state index is -1.09. The summed E-state index contributed by atoms with van der Waals surface area (Å²) in [5.41, 5.74) is 4.60. The molecule has 0 fully saturated rings. The van der Waals surface area contributed by atoms with Crippen molar-refractivity contribution in [3.05, 3.63) is 33.0 Å². The van der Waals surface area contributed by atoms with Gasteiger partial charge in [-0.2, -0.15) is 15.4 Å². The number of primary amides is 1. The number of rotatable bonds is 2. The Bertz CT molecular complexity index is 599. The lowest BCUT2D eigenvalue weighted by atomic mass is 10.1. The number of hydrogen-bond donors (Lipinski definition) is 2. The van der Waals surface area contributed by atoms with E-state index in [9.17, 15) is 13.6 Å². The van der Waals surface area contributed by atoms with Gasteiger partial charge in [0.1, 0.15) is 5.69 Å². The van der Waals surface area contributed by atoms with Crippen molar-refractivity contribution in [2.75, 3.05) is 0 Å². The summed E-state index contributed by atoms with van der Waals surface area (Å²) in [5.74, 6) is -2.99. The van der Waals surface area contributed by atoms with E-state index < -0.39 is 17.5 Å². The van der Waals surface area contributed by atoms with Gasteiger partial charge in [0.05, 0.1) is 5.56 Å². The monoisotopic (exact) mass is 350 g/mol. The maximum absolute atomic E-state index is 13.7. The molecule has 5 nitrogen and oxygen atoms in total. The smallest absolute Gasteiger partial charge is 0.271 e. The lowest BCUT2D eigenvalue weighted by molar-refractivity contribution is 0.0996. The fourth-order valence-corrected chi connectivity index (χ4v) is 1.99. The molecule has 0 spiro atoms. The van der Waals surface area contributed by atoms with Crippen LogP contribution in [0.2, 0.25) is 0 Å². The van der Waals surface area contributed by atoms with Crippen LogP contribution in [-0.4, -0.2) is 21.3 Å². The van der Waals surface area contributed by atoms with E-state index in [0.29, 0.717) is 3.57 Å². The summed E-state index contributed by atoms with van der Waals surface area (Å²) in [6, 6.07) is 2.36. The largest absolute Gasteiger partial charge is 0.364 e. The second-order valence-corrected chi connectivity index (χ2v) is 4.27. The Morgan fingerprint density at radius 2 is 2.06 bits per heavy atom. The maximum atomic E-state index is 13.7. The number of aromatic nitrogens is 3. The van der Waals surface area contributed by atoms with Gasteiger partial charge in [-0.1, -0.05) is 0 Å². The number of H-pyrrole nitrogens is 1. The Hall–Kier alpha value is -1.58. The van der Waals surface area contributed by atoms with E-state index in [4.69, 9.17) is 5.73 Å². The molecule has 0 bridgehead atoms. The molecule has 0 unspecified atom stereocenters. The molecule has 1 aromatic heterocycles. The minimum absolute atomic E-state index is 0.0982. The zero-order valence-corrected chi connectivity index (χ0v) is 10.3. The molecule has 0 saturated carbocycles. The van der Waals surface area contributed by atoms with Crippen molar-refractivity contribution in [1.29, 1.82) is 0 Å². The van der Waals surface area contributed by atoms with Crippen molar-refractivity contribution < 1.29 is 13.6 Å². The van der Waals surface area contributed by atoms with Crippen LogP contribution in [0.15, 0.2) is 12.1 Å². The van der Waals surface area contributed by atoms with E-state index in [1.54, 1.807) is 22.6 Å². The van der Waals surface area contributed by atoms with Gasteiger partial charge >= 0.3 is 0 Å². The van der Waals surface area contributed by atoms with Crippen molar-refractivity contribution in [2.24, 2.45) is 5.73 Å². The number of carbonyl (C=O) groups excluding carboxylic acids is 1. The first-order valence-corrected chi connectivity index (χ1v) is 5.44. The standard InChI is InChI=1S/C9H5F2IN4O/c10-3-1-2-4(12)5(6(3)11)7-8(9(13)17)15-16-14-7/h1-2H,(H2,13,17)(H,14,15,16). The summed E-state index contributed by atoms with van der Waals surface area (Å²) in [7, 11) is 0. The van der Waals surface area contributed by atoms with E-state index in [1.165, 1.54) is 6.07 Å². The molecule has 8 heteroatoms. The lowest BCUT2D eigenvalue weighted by Crippen LogP contribution is -2.13. The van der Waals surface area contributed by atoms with Crippen molar-refractivity contribution >= 4 is 28.5 Å². The molecule has 1 amide bonds. The molecule has 1 heterocycles. The topological polar surface area (TPSA) is 84.7 Å². The Morgan fingerprint density at radius 3 is 2.71 bits per heavy atom. The molecule has 88 valence electrons. The van der Waals surface area contributed by atoms with Gasteiger partial charge in [-0.25, -0.2) is 8.78 Å². The molecule has 0 aliphatic rings. The second kappa shape index (κ2) is 4.35. The third kappa shape index (κ3) is 1.99. The van der Waals surface area contributed by atoms with Crippen molar-refractivity contribution in [3.63, 3.8) is 0 Å². The fraction of sp³-hybridized carbons (Fsp3) is 0. The SMILES string of the molecule is NC(=O)c1n[nH]nc1-c1c(I)ccc(F)c1F. The van der Waals surface area contributed by atoms with Crippen LogP contribution in [0.3, 0.4) is 0 Å². The van der Waals surface area contributed by atoms with Gasteiger partial charge in [0.2, 0.25) is 0 Å². The summed E-state index contributed by atoms with van der Waals surface area (Å²) >= 11 is 1.80. The van der Waals surface area contributed by atoms with Crippen LogP contribution in [-0.2, 0) is 0 Å². The summed E-state index contributed by atoms with van der Waals surface area (Å²) in [4.78, 5) is 11.0. The Kier molecular flexibility index (Phi) is 3.05. The van der Waals surface area contributed by atoms with Crippen molar-refractivity contribution in [1.82, 2.24) is 15.4 Å². The van der Waals surface area contributed by atoms with E-state index in [1.807, 2.05) is 0 Å². The number of nitrogens with zero attached hydrogens (tertiary/aromatic N) is 2. The zero-order chi connectivity index (χ0) is 12.6. The van der Waals surface area contributed by atoms with Crippen LogP contribution in [0.4, 0.5) is 8.78 Å². The lowest BCUT2D eigenvalue weighted by Gasteiger charge is -2.04. The number of hydrogen-bond acceptors (Lipinski definition) is 3. The molecule has 0 aliphatic heterocycles. The molecule has 2 rings (SSSR count). The van der Waals surface area contributed by atoms with E-state index in [-0.39, 0.29) is 17.0 Å². The fourth-order valence-electron chi connectivity index (χ4n) is 1.32. The summed E-state index contributed by atoms with van der Waals surface area (Å²) in [5, 5.41) is 9.28. The summed E-state index contributed by atoms with van der Waals surface area (Å²) in [6.45, 7) is 0. The highest BCUT2D eigenvalue weighted by Crippen LogP contribution is 2.29. The second-order valence-electron chi connectivity index (χ2n) is 3.10. The number of amides is 1. The predicted octanol–water partition coefficient (Wildman–Crippen LogP) is 1.45. The third-order valence-electron chi connectivity index (χ3n) is 2.06. The van der Waals surface area contributed by atoms with Gasteiger partial charge in [0.15, 0.2) is 17.3 Å². The number of nitrogens with two attached hydrogens (primary N) is 1. The minimum Gasteiger partial charge on any atom is -0.364 e. The highest BCUT2D eigenvalue weighted by molar-refractivity contribution is 14.1. The summed E-state index contributed by atoms with van der Waals surface area (Å²) in [6.07, 6.45) is 0. The molecule has 0 saturated heterocycles. The van der Waals surface area contributed by atoms with Gasteiger partial charge < -0.3 is 5.73 Å². The number of benzene rings is 1. The summed E-state index contributed by atoms with van der Waals surface area (Å²) < 4.78 is 27.2. The van der Waals surface area contributed by atoms with Gasteiger partial charge in [-0.15, -0.1) is 0 Å². The van der Waals surface area contributed by atoms with Gasteiger partial charge in [0, 0.05) is 3.57 Å². The Balaban J connectivity index is 2.72. The first kappa shape index (κ1) is 11.9. The van der Waals surface area contributed by atoms with Crippen LogP contribution in [0.5, 0.6) is 0 Å². The Labute approximate surface area is 108 Å². The van der Waals surface area contributed by atoms with Gasteiger partial charge in [-0.3, -0.25) is 4.79 Å². The van der Waals surface area contributed by atoms with Crippen LogP contribution >= 0.6 is 22.6 Å². The highest BCUT2D eigenvalue weighted by atomic mass is 127. The highest BCUT2D eigenvalue weighted by Gasteiger charge is 2.22. The van der Waals surface area contributed by atoms with Crippen LogP contribution in [0.25, 0.3) is 11.3 Å². The molecular weight excluding hydrogens is 345 g/mol. The van der Waals surface area contributed by atoms with Gasteiger partial charge in [0.25, 0.3) is 5.91 Å². The normalized spacial score (nSPS) is 10.5. The average molecular weight is 350 g/mol. The van der Waals surface area contributed by atoms with Crippen molar-refractivity contribution in [3.8, 4) is 11.3 Å². The van der Waals surface area contributed by atoms with Crippen LogP contribution in [0, 0.1) is 15.2 Å². The molecule has 1 aromatic carbocycles. The van der Waals surface area contributed by atoms with Crippen molar-refractivity contribution in [2.45, 2.75) is 0 Å². The van der Waals surface area contributed by atoms with Crippen LogP contribution < -0.4 is 5.73 Å². The third-order valence-corrected chi connectivity index (χ3v) is 2.96. The predicted molar refractivity (Wildman–Crippen MR) is 63.0 cm³/mol. The molecular formula is C9H5F2IN4O. The maximum Gasteiger partial charge on any atom is 0.271 e. The van der Waals surface area contributed by atoms with E-state index >= 15 is 0 Å². The molecule has 17 heavy (non-hydrogen) atoms. The first-order chi connectivity index (χ1) is 8.02. The number of carbonyl (C=O) groups is 1. The quantitative estimate of drug-likeness (QED) is 0.635. The number of aromatic amines is 1. The number of halogens is 3. The average Bonchev–Trinajstić information content (AvgIpc) is 2.73. The molecule has 2 aromatic rings. The van der Waals surface area contributed by atoms with Gasteiger partial charge in [-0.05, 0) is 34.7 Å². The van der Waals surface area contributed by atoms with Crippen LogP contribution in [0.1, 0.15) is 10.5 Å². The van der Waals surface area contributed by atoms with E-state index in [2.05, 4.69) is 15.4 Å². The van der Waals surface area contributed by atoms with E-state index in [0.717, 1.165) is 6.07 Å². The first-order valence-electron chi connectivity index (χ1n) is 4.36. The Morgan fingerprint density at radius 1 is 1.35 bits per heavy atom. The molecule has 0 atom stereocenters.